The number of nitrogens with two attached hydrogens (primary N) is 1. The third-order valence-electron chi connectivity index (χ3n) is 4.40. The summed E-state index contributed by atoms with van der Waals surface area (Å²) in [6.07, 6.45) is 5.61. The van der Waals surface area contributed by atoms with E-state index in [1.165, 1.54) is 0 Å². The summed E-state index contributed by atoms with van der Waals surface area (Å²) in [5.41, 5.74) is 6.31. The van der Waals surface area contributed by atoms with E-state index >= 15 is 0 Å². The minimum absolute atomic E-state index is 0. The van der Waals surface area contributed by atoms with E-state index in [2.05, 4.69) is 9.71 Å². The van der Waals surface area contributed by atoms with Gasteiger partial charge in [-0.3, -0.25) is 4.98 Å². The minimum Gasteiger partial charge on any atom is -0.330 e. The van der Waals surface area contributed by atoms with Crippen LogP contribution in [0.1, 0.15) is 25.7 Å². The number of pyridine rings is 1. The van der Waals surface area contributed by atoms with Crippen LogP contribution in [0.3, 0.4) is 0 Å². The lowest BCUT2D eigenvalue weighted by Crippen LogP contribution is -2.44. The number of halogens is 1. The highest BCUT2D eigenvalue weighted by atomic mass is 35.5. The Morgan fingerprint density at radius 3 is 2.70 bits per heavy atom. The molecule has 1 fully saturated rings. The van der Waals surface area contributed by atoms with Crippen LogP contribution in [0.5, 0.6) is 0 Å². The van der Waals surface area contributed by atoms with E-state index in [-0.39, 0.29) is 29.3 Å². The van der Waals surface area contributed by atoms with Crippen LogP contribution < -0.4 is 10.5 Å². The molecular formula is C16H22ClN3O2S. The second kappa shape index (κ2) is 7.57. The fourth-order valence-corrected chi connectivity index (χ4v) is 4.72. The first-order valence-electron chi connectivity index (χ1n) is 7.68. The average molecular weight is 356 g/mol. The Morgan fingerprint density at radius 2 is 1.91 bits per heavy atom. The van der Waals surface area contributed by atoms with Gasteiger partial charge in [0.05, 0.1) is 5.52 Å². The molecule has 3 rings (SSSR count). The molecule has 0 aliphatic heterocycles. The monoisotopic (exact) mass is 355 g/mol. The fourth-order valence-electron chi connectivity index (χ4n) is 3.20. The molecule has 3 N–H and O–H groups in total. The first kappa shape index (κ1) is 18.1. The maximum absolute atomic E-state index is 12.8. The summed E-state index contributed by atoms with van der Waals surface area (Å²) in [5.74, 6) is 0.214. The zero-order chi connectivity index (χ0) is 15.6. The van der Waals surface area contributed by atoms with Gasteiger partial charge in [-0.05, 0) is 37.4 Å². The van der Waals surface area contributed by atoms with Crippen molar-refractivity contribution in [3.05, 3.63) is 36.5 Å². The summed E-state index contributed by atoms with van der Waals surface area (Å²) >= 11 is 0. The lowest BCUT2D eigenvalue weighted by atomic mass is 9.85. The number of benzene rings is 1. The van der Waals surface area contributed by atoms with E-state index < -0.39 is 10.0 Å². The number of hydrogen-bond donors (Lipinski definition) is 2. The van der Waals surface area contributed by atoms with Crippen LogP contribution in [0.15, 0.2) is 41.4 Å². The molecule has 1 heterocycles. The average Bonchev–Trinajstić information content (AvgIpc) is 2.54. The standard InChI is InChI=1S/C16H21N3O2S.ClH/c17-11-13-5-1-2-8-14(13)19-22(20,21)15-9-3-6-12-7-4-10-18-16(12)15;/h3-4,6-7,9-10,13-14,19H,1-2,5,8,11,17H2;1H. The van der Waals surface area contributed by atoms with E-state index in [1.54, 1.807) is 24.4 Å². The summed E-state index contributed by atoms with van der Waals surface area (Å²) in [6.45, 7) is 0.515. The summed E-state index contributed by atoms with van der Waals surface area (Å²) in [6, 6.07) is 8.81. The van der Waals surface area contributed by atoms with E-state index in [4.69, 9.17) is 5.73 Å². The fraction of sp³-hybridized carbons (Fsp3) is 0.438. The van der Waals surface area contributed by atoms with Gasteiger partial charge < -0.3 is 5.73 Å². The summed E-state index contributed by atoms with van der Waals surface area (Å²) in [7, 11) is -3.60. The summed E-state index contributed by atoms with van der Waals surface area (Å²) < 4.78 is 28.4. The maximum Gasteiger partial charge on any atom is 0.242 e. The molecule has 2 atom stereocenters. The zero-order valence-electron chi connectivity index (χ0n) is 12.8. The molecule has 1 aliphatic carbocycles. The number of para-hydroxylation sites is 1. The molecule has 5 nitrogen and oxygen atoms in total. The van der Waals surface area contributed by atoms with Crippen molar-refractivity contribution in [3.8, 4) is 0 Å². The van der Waals surface area contributed by atoms with Crippen molar-refractivity contribution in [2.45, 2.75) is 36.6 Å². The van der Waals surface area contributed by atoms with Gasteiger partial charge in [0, 0.05) is 17.6 Å². The summed E-state index contributed by atoms with van der Waals surface area (Å²) in [5, 5.41) is 0.824. The molecule has 2 unspecified atom stereocenters. The van der Waals surface area contributed by atoms with Gasteiger partial charge in [0.1, 0.15) is 4.90 Å². The zero-order valence-corrected chi connectivity index (χ0v) is 14.4. The topological polar surface area (TPSA) is 85.1 Å². The van der Waals surface area contributed by atoms with E-state index in [0.717, 1.165) is 31.1 Å². The van der Waals surface area contributed by atoms with Crippen LogP contribution in [-0.2, 0) is 10.0 Å². The highest BCUT2D eigenvalue weighted by molar-refractivity contribution is 7.89. The molecule has 23 heavy (non-hydrogen) atoms. The molecule has 1 saturated carbocycles. The lowest BCUT2D eigenvalue weighted by Gasteiger charge is -2.31. The Morgan fingerprint density at radius 1 is 1.17 bits per heavy atom. The second-order valence-corrected chi connectivity index (χ2v) is 7.52. The van der Waals surface area contributed by atoms with Crippen molar-refractivity contribution in [1.29, 1.82) is 0 Å². The molecule has 1 aliphatic rings. The first-order valence-corrected chi connectivity index (χ1v) is 9.16. The Hall–Kier alpha value is -1.21. The van der Waals surface area contributed by atoms with Gasteiger partial charge in [-0.15, -0.1) is 12.4 Å². The van der Waals surface area contributed by atoms with Gasteiger partial charge in [-0.2, -0.15) is 0 Å². The van der Waals surface area contributed by atoms with Crippen LogP contribution in [-0.4, -0.2) is 26.0 Å². The number of nitrogens with one attached hydrogen (secondary N) is 1. The van der Waals surface area contributed by atoms with Crippen molar-refractivity contribution in [2.24, 2.45) is 11.7 Å². The molecular weight excluding hydrogens is 334 g/mol. The number of aromatic nitrogens is 1. The predicted molar refractivity (Wildman–Crippen MR) is 94.1 cm³/mol. The van der Waals surface area contributed by atoms with Crippen molar-refractivity contribution in [3.63, 3.8) is 0 Å². The second-order valence-electron chi connectivity index (χ2n) is 5.84. The normalized spacial score (nSPS) is 21.8. The van der Waals surface area contributed by atoms with Gasteiger partial charge >= 0.3 is 0 Å². The molecule has 0 spiro atoms. The van der Waals surface area contributed by atoms with Crippen molar-refractivity contribution in [1.82, 2.24) is 9.71 Å². The summed E-state index contributed by atoms with van der Waals surface area (Å²) in [4.78, 5) is 4.48. The molecule has 0 amide bonds. The van der Waals surface area contributed by atoms with Crippen LogP contribution in [0.25, 0.3) is 10.9 Å². The molecule has 126 valence electrons. The SMILES string of the molecule is Cl.NCC1CCCCC1NS(=O)(=O)c1cccc2cccnc12. The smallest absolute Gasteiger partial charge is 0.242 e. The van der Waals surface area contributed by atoms with Crippen molar-refractivity contribution in [2.75, 3.05) is 6.54 Å². The van der Waals surface area contributed by atoms with Crippen LogP contribution >= 0.6 is 12.4 Å². The van der Waals surface area contributed by atoms with E-state index in [1.807, 2.05) is 12.1 Å². The van der Waals surface area contributed by atoms with Crippen molar-refractivity contribution < 1.29 is 8.42 Å². The van der Waals surface area contributed by atoms with Crippen LogP contribution in [0, 0.1) is 5.92 Å². The number of sulfonamides is 1. The molecule has 2 aromatic rings. The molecule has 0 saturated heterocycles. The molecule has 1 aromatic heterocycles. The Balaban J connectivity index is 0.00000192. The molecule has 0 radical (unpaired) electrons. The lowest BCUT2D eigenvalue weighted by molar-refractivity contribution is 0.296. The van der Waals surface area contributed by atoms with Gasteiger partial charge in [0.2, 0.25) is 10.0 Å². The first-order chi connectivity index (χ1) is 10.6. The van der Waals surface area contributed by atoms with E-state index in [9.17, 15) is 8.42 Å². The van der Waals surface area contributed by atoms with Gasteiger partial charge in [-0.1, -0.05) is 31.0 Å². The van der Waals surface area contributed by atoms with Crippen LogP contribution in [0.4, 0.5) is 0 Å². The molecule has 0 bridgehead atoms. The maximum atomic E-state index is 12.8. The molecule has 7 heteroatoms. The Labute approximate surface area is 143 Å². The predicted octanol–water partition coefficient (Wildman–Crippen LogP) is 2.45. The highest BCUT2D eigenvalue weighted by Crippen LogP contribution is 2.26. The van der Waals surface area contributed by atoms with Crippen LogP contribution in [0.2, 0.25) is 0 Å². The minimum atomic E-state index is -3.60. The Kier molecular flexibility index (Phi) is 5.97. The largest absolute Gasteiger partial charge is 0.330 e. The number of fused-ring (bicyclic) bond motifs is 1. The number of nitrogens with zero attached hydrogens (tertiary/aromatic N) is 1. The van der Waals surface area contributed by atoms with Gasteiger partial charge in [0.15, 0.2) is 0 Å². The quantitative estimate of drug-likeness (QED) is 0.882. The third-order valence-corrected chi connectivity index (χ3v) is 5.93. The number of rotatable bonds is 4. The van der Waals surface area contributed by atoms with Crippen molar-refractivity contribution >= 4 is 33.3 Å². The highest BCUT2D eigenvalue weighted by Gasteiger charge is 2.29. The number of hydrogen-bond acceptors (Lipinski definition) is 4. The van der Waals surface area contributed by atoms with Gasteiger partial charge in [0.25, 0.3) is 0 Å². The molecule has 1 aromatic carbocycles. The third kappa shape index (κ3) is 3.83. The Bertz CT molecular complexity index is 762. The van der Waals surface area contributed by atoms with Gasteiger partial charge in [-0.25, -0.2) is 13.1 Å². The van der Waals surface area contributed by atoms with E-state index in [0.29, 0.717) is 12.1 Å².